The molecule has 136 valence electrons. The van der Waals surface area contributed by atoms with Gasteiger partial charge in [-0.25, -0.2) is 8.42 Å². The van der Waals surface area contributed by atoms with Crippen molar-refractivity contribution in [1.29, 1.82) is 0 Å². The van der Waals surface area contributed by atoms with Gasteiger partial charge >= 0.3 is 0 Å². The average molecular weight is 435 g/mol. The van der Waals surface area contributed by atoms with Gasteiger partial charge in [-0.2, -0.15) is 4.31 Å². The summed E-state index contributed by atoms with van der Waals surface area (Å²) in [5.74, 6) is -0.323. The van der Waals surface area contributed by atoms with Gasteiger partial charge in [0.15, 0.2) is 0 Å². The molecule has 1 aliphatic rings. The van der Waals surface area contributed by atoms with E-state index >= 15 is 0 Å². The van der Waals surface area contributed by atoms with Crippen LogP contribution < -0.4 is 5.32 Å². The van der Waals surface area contributed by atoms with E-state index in [1.807, 2.05) is 24.3 Å². The molecule has 1 amide bonds. The first kappa shape index (κ1) is 18.8. The number of hydrogen-bond donors (Lipinski definition) is 1. The Balaban J connectivity index is 1.72. The van der Waals surface area contributed by atoms with Gasteiger partial charge in [-0.3, -0.25) is 4.79 Å². The molecule has 2 aromatic rings. The topological polar surface area (TPSA) is 66.5 Å². The molecule has 0 bridgehead atoms. The molecule has 1 aliphatic heterocycles. The van der Waals surface area contributed by atoms with E-state index in [1.165, 1.54) is 16.4 Å². The van der Waals surface area contributed by atoms with E-state index in [2.05, 4.69) is 21.2 Å². The minimum absolute atomic E-state index is 0.201. The van der Waals surface area contributed by atoms with Crippen LogP contribution in [0.2, 0.25) is 0 Å². The van der Waals surface area contributed by atoms with Crippen LogP contribution in [0.25, 0.3) is 6.08 Å². The predicted molar refractivity (Wildman–Crippen MR) is 106 cm³/mol. The average Bonchev–Trinajstić information content (AvgIpc) is 3.17. The van der Waals surface area contributed by atoms with Crippen molar-refractivity contribution in [3.63, 3.8) is 0 Å². The van der Waals surface area contributed by atoms with Gasteiger partial charge in [0.05, 0.1) is 4.90 Å². The third kappa shape index (κ3) is 4.41. The van der Waals surface area contributed by atoms with Crippen molar-refractivity contribution in [2.75, 3.05) is 18.4 Å². The molecule has 0 unspecified atom stereocenters. The molecule has 26 heavy (non-hydrogen) atoms. The van der Waals surface area contributed by atoms with Gasteiger partial charge in [0.2, 0.25) is 15.9 Å². The van der Waals surface area contributed by atoms with E-state index in [4.69, 9.17) is 0 Å². The number of hydrogen-bond acceptors (Lipinski definition) is 3. The summed E-state index contributed by atoms with van der Waals surface area (Å²) >= 11 is 3.42. The molecule has 0 spiro atoms. The van der Waals surface area contributed by atoms with Crippen LogP contribution in [0.3, 0.4) is 0 Å². The fraction of sp³-hybridized carbons (Fsp3) is 0.211. The summed E-state index contributed by atoms with van der Waals surface area (Å²) < 4.78 is 27.6. The van der Waals surface area contributed by atoms with E-state index in [0.29, 0.717) is 18.8 Å². The maximum atomic E-state index is 12.6. The van der Waals surface area contributed by atoms with Crippen LogP contribution in [0.15, 0.2) is 64.0 Å². The third-order valence-electron chi connectivity index (χ3n) is 4.12. The summed E-state index contributed by atoms with van der Waals surface area (Å²) in [6.07, 6.45) is 4.89. The first-order valence-electron chi connectivity index (χ1n) is 8.30. The number of rotatable bonds is 5. The van der Waals surface area contributed by atoms with Crippen LogP contribution in [-0.4, -0.2) is 31.7 Å². The molecule has 0 saturated carbocycles. The van der Waals surface area contributed by atoms with Crippen LogP contribution in [0.4, 0.5) is 5.69 Å². The summed E-state index contributed by atoms with van der Waals surface area (Å²) in [5.41, 5.74) is 1.33. The zero-order chi connectivity index (χ0) is 18.6. The van der Waals surface area contributed by atoms with Gasteiger partial charge < -0.3 is 5.32 Å². The Hall–Kier alpha value is -1.96. The van der Waals surface area contributed by atoms with E-state index in [0.717, 1.165) is 22.9 Å². The number of carbonyl (C=O) groups excluding carboxylic acids is 1. The summed E-state index contributed by atoms with van der Waals surface area (Å²) in [7, 11) is -3.50. The summed E-state index contributed by atoms with van der Waals surface area (Å²) in [4.78, 5) is 12.3. The number of halogens is 1. The predicted octanol–water partition coefficient (Wildman–Crippen LogP) is 3.89. The number of amides is 1. The highest BCUT2D eigenvalue weighted by Crippen LogP contribution is 2.23. The molecular weight excluding hydrogens is 416 g/mol. The summed E-state index contributed by atoms with van der Waals surface area (Å²) in [6.45, 7) is 1.10. The number of benzene rings is 2. The van der Waals surface area contributed by atoms with Crippen molar-refractivity contribution in [3.05, 3.63) is 64.6 Å². The lowest BCUT2D eigenvalue weighted by molar-refractivity contribution is -0.111. The number of sulfonamides is 1. The standard InChI is InChI=1S/C19H19BrN2O3S/c20-18-9-2-1-6-15(18)10-11-19(23)21-16-7-5-8-17(14-16)26(24,25)22-12-3-4-13-22/h1-2,5-11,14H,3-4,12-13H2,(H,21,23)/b11-10+. The maximum absolute atomic E-state index is 12.6. The van der Waals surface area contributed by atoms with E-state index in [1.54, 1.807) is 24.3 Å². The molecule has 1 N–H and O–H groups in total. The van der Waals surface area contributed by atoms with Gasteiger partial charge in [-0.1, -0.05) is 40.2 Å². The summed E-state index contributed by atoms with van der Waals surface area (Å²) in [5, 5.41) is 2.71. The van der Waals surface area contributed by atoms with Crippen LogP contribution in [0.1, 0.15) is 18.4 Å². The minimum Gasteiger partial charge on any atom is -0.322 e. The molecule has 0 aliphatic carbocycles. The summed E-state index contributed by atoms with van der Waals surface area (Å²) in [6, 6.07) is 13.9. The van der Waals surface area contributed by atoms with Crippen molar-refractivity contribution in [3.8, 4) is 0 Å². The van der Waals surface area contributed by atoms with Crippen molar-refractivity contribution in [1.82, 2.24) is 4.31 Å². The van der Waals surface area contributed by atoms with E-state index < -0.39 is 10.0 Å². The molecule has 0 atom stereocenters. The fourth-order valence-electron chi connectivity index (χ4n) is 2.77. The monoisotopic (exact) mass is 434 g/mol. The van der Waals surface area contributed by atoms with Gasteiger partial charge in [-0.15, -0.1) is 0 Å². The SMILES string of the molecule is O=C(/C=C/c1ccccc1Br)Nc1cccc(S(=O)(=O)N2CCCC2)c1. The Morgan fingerprint density at radius 1 is 1.08 bits per heavy atom. The molecule has 3 rings (SSSR count). The number of anilines is 1. The zero-order valence-corrected chi connectivity index (χ0v) is 16.5. The van der Waals surface area contributed by atoms with Gasteiger partial charge in [-0.05, 0) is 48.7 Å². The third-order valence-corrected chi connectivity index (χ3v) is 6.74. The molecular formula is C19H19BrN2O3S. The largest absolute Gasteiger partial charge is 0.322 e. The second kappa shape index (κ2) is 8.16. The second-order valence-electron chi connectivity index (χ2n) is 5.98. The first-order chi connectivity index (χ1) is 12.5. The van der Waals surface area contributed by atoms with Crippen LogP contribution in [-0.2, 0) is 14.8 Å². The molecule has 0 radical (unpaired) electrons. The van der Waals surface area contributed by atoms with Gasteiger partial charge in [0, 0.05) is 29.3 Å². The number of carbonyl (C=O) groups is 1. The Kier molecular flexibility index (Phi) is 5.90. The lowest BCUT2D eigenvalue weighted by Gasteiger charge is -2.16. The molecule has 1 saturated heterocycles. The Bertz CT molecular complexity index is 935. The molecule has 5 nitrogen and oxygen atoms in total. The first-order valence-corrected chi connectivity index (χ1v) is 10.5. The van der Waals surface area contributed by atoms with Gasteiger partial charge in [0.1, 0.15) is 0 Å². The quantitative estimate of drug-likeness (QED) is 0.725. The highest BCUT2D eigenvalue weighted by atomic mass is 79.9. The van der Waals surface area contributed by atoms with E-state index in [9.17, 15) is 13.2 Å². The maximum Gasteiger partial charge on any atom is 0.248 e. The molecule has 1 heterocycles. The van der Waals surface area contributed by atoms with Crippen molar-refractivity contribution >= 4 is 43.6 Å². The zero-order valence-electron chi connectivity index (χ0n) is 14.1. The van der Waals surface area contributed by atoms with Crippen molar-refractivity contribution in [2.45, 2.75) is 17.7 Å². The molecule has 0 aromatic heterocycles. The van der Waals surface area contributed by atoms with Crippen LogP contribution in [0.5, 0.6) is 0 Å². The lowest BCUT2D eigenvalue weighted by Crippen LogP contribution is -2.27. The van der Waals surface area contributed by atoms with Gasteiger partial charge in [0.25, 0.3) is 0 Å². The smallest absolute Gasteiger partial charge is 0.248 e. The van der Waals surface area contributed by atoms with Crippen molar-refractivity contribution in [2.24, 2.45) is 0 Å². The number of nitrogens with zero attached hydrogens (tertiary/aromatic N) is 1. The number of nitrogens with one attached hydrogen (secondary N) is 1. The molecule has 2 aromatic carbocycles. The molecule has 1 fully saturated rings. The Morgan fingerprint density at radius 2 is 1.81 bits per heavy atom. The van der Waals surface area contributed by atoms with Crippen molar-refractivity contribution < 1.29 is 13.2 Å². The van der Waals surface area contributed by atoms with Crippen LogP contribution >= 0.6 is 15.9 Å². The fourth-order valence-corrected chi connectivity index (χ4v) is 4.75. The normalized spacial score (nSPS) is 15.4. The molecule has 7 heteroatoms. The highest BCUT2D eigenvalue weighted by Gasteiger charge is 2.27. The minimum atomic E-state index is -3.50. The Morgan fingerprint density at radius 3 is 2.54 bits per heavy atom. The van der Waals surface area contributed by atoms with E-state index in [-0.39, 0.29) is 10.8 Å². The second-order valence-corrected chi connectivity index (χ2v) is 8.78. The Labute approximate surface area is 161 Å². The highest BCUT2D eigenvalue weighted by molar-refractivity contribution is 9.10. The van der Waals surface area contributed by atoms with Crippen LogP contribution in [0, 0.1) is 0 Å². The lowest BCUT2D eigenvalue weighted by atomic mass is 10.2.